The van der Waals surface area contributed by atoms with Crippen LogP contribution >= 0.6 is 0 Å². The lowest BCUT2D eigenvalue weighted by atomic mass is 10.0. The van der Waals surface area contributed by atoms with Crippen molar-refractivity contribution in [3.05, 3.63) is 54.0 Å². The fourth-order valence-corrected chi connectivity index (χ4v) is 5.15. The van der Waals surface area contributed by atoms with Crippen molar-refractivity contribution in [2.45, 2.75) is 25.3 Å². The highest BCUT2D eigenvalue weighted by molar-refractivity contribution is 5.76. The Labute approximate surface area is 160 Å². The number of nitrogens with zero attached hydrogens (tertiary/aromatic N) is 4. The van der Waals surface area contributed by atoms with Gasteiger partial charge in [-0.3, -0.25) is 0 Å². The first-order valence-corrected chi connectivity index (χ1v) is 9.97. The minimum Gasteiger partial charge on any atom is -0.387 e. The molecule has 0 bridgehead atoms. The number of anilines is 1. The summed E-state index contributed by atoms with van der Waals surface area (Å²) in [5.74, 6) is 3.42. The van der Waals surface area contributed by atoms with Gasteiger partial charge in [0.15, 0.2) is 5.65 Å². The summed E-state index contributed by atoms with van der Waals surface area (Å²) in [5.41, 5.74) is 4.35. The molecule has 27 heavy (non-hydrogen) atoms. The quantitative estimate of drug-likeness (QED) is 0.772. The predicted molar refractivity (Wildman–Crippen MR) is 109 cm³/mol. The molecule has 3 aromatic rings. The molecule has 2 fully saturated rings. The van der Waals surface area contributed by atoms with Gasteiger partial charge in [-0.25, -0.2) is 9.97 Å². The van der Waals surface area contributed by atoms with Crippen molar-refractivity contribution in [1.29, 1.82) is 0 Å². The van der Waals surface area contributed by atoms with E-state index in [1.807, 2.05) is 13.2 Å². The maximum absolute atomic E-state index is 5.02. The minimum atomic E-state index is 0.546. The molecule has 3 heterocycles. The first-order chi connectivity index (χ1) is 13.2. The molecule has 1 unspecified atom stereocenters. The topological polar surface area (TPSA) is 46.0 Å². The van der Waals surface area contributed by atoms with E-state index in [9.17, 15) is 0 Å². The zero-order valence-electron chi connectivity index (χ0n) is 16.1. The third-order valence-electron chi connectivity index (χ3n) is 6.41. The third kappa shape index (κ3) is 3.00. The molecule has 1 aromatic carbocycles. The molecule has 5 rings (SSSR count). The second-order valence-corrected chi connectivity index (χ2v) is 8.27. The molecule has 5 heteroatoms. The van der Waals surface area contributed by atoms with Gasteiger partial charge in [-0.1, -0.05) is 30.3 Å². The predicted octanol–water partition coefficient (Wildman–Crippen LogP) is 3.58. The molecule has 1 aliphatic heterocycles. The number of likely N-dealkylation sites (tertiary alicyclic amines) is 1. The van der Waals surface area contributed by atoms with Gasteiger partial charge >= 0.3 is 0 Å². The SMILES string of the molecule is CNc1cnc2nc(C3C[C@@H]4CN(C)C[C@@H]4C3)n(Cc3ccccc3)c2c1. The van der Waals surface area contributed by atoms with Crippen LogP contribution in [-0.4, -0.2) is 46.6 Å². The first-order valence-electron chi connectivity index (χ1n) is 9.97. The van der Waals surface area contributed by atoms with Crippen molar-refractivity contribution in [1.82, 2.24) is 19.4 Å². The van der Waals surface area contributed by atoms with Crippen molar-refractivity contribution in [3.8, 4) is 0 Å². The Hall–Kier alpha value is -2.40. The molecule has 1 N–H and O–H groups in total. The van der Waals surface area contributed by atoms with E-state index in [1.165, 1.54) is 37.3 Å². The van der Waals surface area contributed by atoms with Crippen LogP contribution in [0.4, 0.5) is 5.69 Å². The van der Waals surface area contributed by atoms with Crippen LogP contribution in [0, 0.1) is 11.8 Å². The second-order valence-electron chi connectivity index (χ2n) is 8.27. The van der Waals surface area contributed by atoms with Gasteiger partial charge in [0.05, 0.1) is 17.4 Å². The Morgan fingerprint density at radius 1 is 1.11 bits per heavy atom. The van der Waals surface area contributed by atoms with Crippen LogP contribution < -0.4 is 5.32 Å². The van der Waals surface area contributed by atoms with Crippen molar-refractivity contribution in [2.75, 3.05) is 32.5 Å². The number of fused-ring (bicyclic) bond motifs is 2. The molecule has 1 saturated carbocycles. The number of hydrogen-bond donors (Lipinski definition) is 1. The second kappa shape index (κ2) is 6.64. The van der Waals surface area contributed by atoms with Gasteiger partial charge in [-0.2, -0.15) is 0 Å². The molecular formula is C22H27N5. The molecule has 1 saturated heterocycles. The van der Waals surface area contributed by atoms with Crippen molar-refractivity contribution in [2.24, 2.45) is 11.8 Å². The zero-order chi connectivity index (χ0) is 18.4. The summed E-state index contributed by atoms with van der Waals surface area (Å²) in [5, 5.41) is 3.22. The lowest BCUT2D eigenvalue weighted by Crippen LogP contribution is -2.17. The van der Waals surface area contributed by atoms with Gasteiger partial charge in [-0.05, 0) is 43.4 Å². The standard InChI is InChI=1S/C22H27N5/c1-23-19-10-20-21(24-11-19)25-22(27(20)12-15-6-4-3-5-7-15)16-8-17-13-26(2)14-18(17)9-16/h3-7,10-11,16-18,23H,8-9,12-14H2,1-2H3/t16?,17-,18+. The Bertz CT molecular complexity index is 934. The zero-order valence-corrected chi connectivity index (χ0v) is 16.1. The van der Waals surface area contributed by atoms with E-state index < -0.39 is 0 Å². The number of benzene rings is 1. The van der Waals surface area contributed by atoms with E-state index >= 15 is 0 Å². The molecule has 0 spiro atoms. The van der Waals surface area contributed by atoms with Crippen LogP contribution in [0.3, 0.4) is 0 Å². The summed E-state index contributed by atoms with van der Waals surface area (Å²) >= 11 is 0. The molecule has 5 nitrogen and oxygen atoms in total. The summed E-state index contributed by atoms with van der Waals surface area (Å²) in [6.45, 7) is 3.33. The number of aromatic nitrogens is 3. The number of pyridine rings is 1. The summed E-state index contributed by atoms with van der Waals surface area (Å²) in [4.78, 5) is 12.1. The summed E-state index contributed by atoms with van der Waals surface area (Å²) in [6, 6.07) is 12.9. The summed E-state index contributed by atoms with van der Waals surface area (Å²) < 4.78 is 2.41. The fourth-order valence-electron chi connectivity index (χ4n) is 5.15. The minimum absolute atomic E-state index is 0.546. The molecule has 1 aliphatic carbocycles. The largest absolute Gasteiger partial charge is 0.387 e. The van der Waals surface area contributed by atoms with Crippen molar-refractivity contribution < 1.29 is 0 Å². The van der Waals surface area contributed by atoms with E-state index in [0.717, 1.165) is 35.2 Å². The first kappa shape index (κ1) is 16.8. The normalized spacial score (nSPS) is 25.2. The van der Waals surface area contributed by atoms with Crippen LogP contribution in [0.1, 0.15) is 30.1 Å². The van der Waals surface area contributed by atoms with Crippen LogP contribution in [-0.2, 0) is 6.54 Å². The number of nitrogens with one attached hydrogen (secondary N) is 1. The lowest BCUT2D eigenvalue weighted by molar-refractivity contribution is 0.368. The van der Waals surface area contributed by atoms with E-state index in [1.54, 1.807) is 0 Å². The average Bonchev–Trinajstić information content (AvgIpc) is 3.33. The van der Waals surface area contributed by atoms with Crippen LogP contribution in [0.2, 0.25) is 0 Å². The Morgan fingerprint density at radius 2 is 1.85 bits per heavy atom. The number of rotatable bonds is 4. The summed E-state index contributed by atoms with van der Waals surface area (Å²) in [6.07, 6.45) is 4.39. The molecule has 2 aromatic heterocycles. The number of hydrogen-bond acceptors (Lipinski definition) is 4. The molecular weight excluding hydrogens is 334 g/mol. The smallest absolute Gasteiger partial charge is 0.178 e. The van der Waals surface area contributed by atoms with Crippen molar-refractivity contribution in [3.63, 3.8) is 0 Å². The van der Waals surface area contributed by atoms with Crippen LogP contribution in [0.15, 0.2) is 42.6 Å². The van der Waals surface area contributed by atoms with E-state index in [-0.39, 0.29) is 0 Å². The van der Waals surface area contributed by atoms with Gasteiger partial charge in [0.25, 0.3) is 0 Å². The van der Waals surface area contributed by atoms with E-state index in [0.29, 0.717) is 5.92 Å². The molecule has 2 aliphatic rings. The van der Waals surface area contributed by atoms with Crippen LogP contribution in [0.5, 0.6) is 0 Å². The van der Waals surface area contributed by atoms with Gasteiger partial charge in [0.1, 0.15) is 5.82 Å². The Kier molecular flexibility index (Phi) is 4.12. The van der Waals surface area contributed by atoms with E-state index in [4.69, 9.17) is 4.98 Å². The Balaban J connectivity index is 1.56. The third-order valence-corrected chi connectivity index (χ3v) is 6.41. The highest BCUT2D eigenvalue weighted by atomic mass is 15.1. The van der Waals surface area contributed by atoms with Gasteiger partial charge in [0.2, 0.25) is 0 Å². The van der Waals surface area contributed by atoms with Gasteiger partial charge < -0.3 is 14.8 Å². The monoisotopic (exact) mass is 361 g/mol. The maximum Gasteiger partial charge on any atom is 0.178 e. The van der Waals surface area contributed by atoms with Gasteiger partial charge in [-0.15, -0.1) is 0 Å². The average molecular weight is 361 g/mol. The molecule has 0 radical (unpaired) electrons. The number of imidazole rings is 1. The van der Waals surface area contributed by atoms with Crippen molar-refractivity contribution >= 4 is 16.9 Å². The molecule has 0 amide bonds. The van der Waals surface area contributed by atoms with Crippen LogP contribution in [0.25, 0.3) is 11.2 Å². The maximum atomic E-state index is 5.02. The molecule has 140 valence electrons. The highest BCUT2D eigenvalue weighted by Gasteiger charge is 2.41. The summed E-state index contributed by atoms with van der Waals surface area (Å²) in [7, 11) is 4.19. The Morgan fingerprint density at radius 3 is 2.56 bits per heavy atom. The van der Waals surface area contributed by atoms with Gasteiger partial charge in [0, 0.05) is 32.6 Å². The lowest BCUT2D eigenvalue weighted by Gasteiger charge is -2.17. The fraction of sp³-hybridized carbons (Fsp3) is 0.455. The van der Waals surface area contributed by atoms with E-state index in [2.05, 4.69) is 63.2 Å². The molecule has 3 atom stereocenters. The highest BCUT2D eigenvalue weighted by Crippen LogP contribution is 2.46.